The SMILES string of the molecule is C=C[C@@H]1C[C@]1(NC(=O)[C@@H]1C[C@@H](Oc2cc(-c3nc(C(C)C)cs3)nc3c(C)c(OC)ccc23)CN1C)C(=O)NS(=O)(=O)N(C)C. The average molecular weight is 657 g/mol. The largest absolute Gasteiger partial charge is 0.496 e. The highest BCUT2D eigenvalue weighted by Gasteiger charge is 2.61. The second kappa shape index (κ2) is 12.3. The molecule has 1 aliphatic carbocycles. The van der Waals surface area contributed by atoms with E-state index in [1.165, 1.54) is 25.4 Å². The van der Waals surface area contributed by atoms with Crippen molar-refractivity contribution < 1.29 is 27.5 Å². The molecule has 12 nitrogen and oxygen atoms in total. The summed E-state index contributed by atoms with van der Waals surface area (Å²) in [5.74, 6) is 0.0703. The molecule has 0 radical (unpaired) electrons. The number of benzene rings is 1. The minimum absolute atomic E-state index is 0.261. The van der Waals surface area contributed by atoms with E-state index in [4.69, 9.17) is 19.4 Å². The number of aromatic nitrogens is 2. The van der Waals surface area contributed by atoms with Crippen LogP contribution < -0.4 is 19.5 Å². The first-order chi connectivity index (χ1) is 21.2. The molecule has 0 spiro atoms. The summed E-state index contributed by atoms with van der Waals surface area (Å²) in [6.45, 7) is 10.4. The summed E-state index contributed by atoms with van der Waals surface area (Å²) in [5.41, 5.74) is 1.93. The Bertz CT molecular complexity index is 1760. The molecule has 242 valence electrons. The number of fused-ring (bicyclic) bond motifs is 1. The highest BCUT2D eigenvalue weighted by Crippen LogP contribution is 2.45. The first-order valence-corrected chi connectivity index (χ1v) is 17.0. The summed E-state index contributed by atoms with van der Waals surface area (Å²) in [6, 6.07) is 5.10. The van der Waals surface area contributed by atoms with Crippen LogP contribution in [-0.2, 0) is 19.8 Å². The van der Waals surface area contributed by atoms with Crippen molar-refractivity contribution in [2.24, 2.45) is 5.92 Å². The monoisotopic (exact) mass is 656 g/mol. The van der Waals surface area contributed by atoms with Gasteiger partial charge in [-0.05, 0) is 38.4 Å². The number of ether oxygens (including phenoxy) is 2. The topological polar surface area (TPSA) is 143 Å². The standard InChI is InChI=1S/C31H40N6O6S2/c1-9-19-14-31(19,30(39)35-45(40,41)36(5)6)34-28(38)24-12-20(15-37(24)7)43-26-13-22(29-33-23(16-44-29)17(2)3)32-27-18(4)25(42-8)11-10-21(26)27/h9-11,13,16-17,19-20,24H,1,12,14-15H2,2-8H3,(H,34,38)(H,35,39)/t19-,20-,24+,31-/m1/s1. The van der Waals surface area contributed by atoms with Gasteiger partial charge in [0.2, 0.25) is 5.91 Å². The van der Waals surface area contributed by atoms with Gasteiger partial charge in [0.05, 0.1) is 24.4 Å². The van der Waals surface area contributed by atoms with Gasteiger partial charge in [-0.3, -0.25) is 14.5 Å². The number of hydrogen-bond acceptors (Lipinski definition) is 10. The molecule has 1 aromatic carbocycles. The highest BCUT2D eigenvalue weighted by atomic mass is 32.2. The Hall–Kier alpha value is -3.59. The van der Waals surface area contributed by atoms with Crippen molar-refractivity contribution in [1.82, 2.24) is 29.2 Å². The van der Waals surface area contributed by atoms with Gasteiger partial charge in [0, 0.05) is 55.4 Å². The van der Waals surface area contributed by atoms with Crippen molar-refractivity contribution >= 4 is 44.3 Å². The number of pyridine rings is 1. The first-order valence-electron chi connectivity index (χ1n) is 14.7. The molecule has 1 saturated carbocycles. The number of carbonyl (C=O) groups is 2. The third-order valence-electron chi connectivity index (χ3n) is 8.56. The molecule has 1 saturated heterocycles. The molecule has 4 atom stereocenters. The summed E-state index contributed by atoms with van der Waals surface area (Å²) < 4.78 is 39.8. The van der Waals surface area contributed by atoms with Gasteiger partial charge >= 0.3 is 10.2 Å². The smallest absolute Gasteiger partial charge is 0.303 e. The molecule has 45 heavy (non-hydrogen) atoms. The Kier molecular flexibility index (Phi) is 8.97. The van der Waals surface area contributed by atoms with Crippen molar-refractivity contribution in [3.8, 4) is 22.2 Å². The van der Waals surface area contributed by atoms with Crippen molar-refractivity contribution in [3.63, 3.8) is 0 Å². The van der Waals surface area contributed by atoms with Crippen LogP contribution in [0, 0.1) is 12.8 Å². The Labute approximate surface area is 268 Å². The van der Waals surface area contributed by atoms with E-state index in [-0.39, 0.29) is 30.3 Å². The molecule has 2 N–H and O–H groups in total. The van der Waals surface area contributed by atoms with Crippen LogP contribution in [0.2, 0.25) is 0 Å². The maximum absolute atomic E-state index is 13.6. The van der Waals surface area contributed by atoms with Crippen molar-refractivity contribution in [2.45, 2.75) is 57.2 Å². The molecule has 0 bridgehead atoms. The molecular formula is C31H40N6O6S2. The number of thiazole rings is 1. The first kappa shape index (κ1) is 32.8. The van der Waals surface area contributed by atoms with Crippen LogP contribution >= 0.6 is 11.3 Å². The van der Waals surface area contributed by atoms with E-state index < -0.39 is 27.7 Å². The van der Waals surface area contributed by atoms with Crippen LogP contribution in [0.25, 0.3) is 21.6 Å². The normalized spacial score (nSPS) is 23.4. The summed E-state index contributed by atoms with van der Waals surface area (Å²) >= 11 is 1.53. The van der Waals surface area contributed by atoms with E-state index >= 15 is 0 Å². The van der Waals surface area contributed by atoms with Gasteiger partial charge in [-0.15, -0.1) is 17.9 Å². The number of carbonyl (C=O) groups excluding carboxylic acids is 2. The number of nitrogens with zero attached hydrogens (tertiary/aromatic N) is 4. The minimum atomic E-state index is -4.03. The van der Waals surface area contributed by atoms with Gasteiger partial charge < -0.3 is 14.8 Å². The molecule has 0 unspecified atom stereocenters. The molecule has 1 aliphatic heterocycles. The Morgan fingerprint density at radius 1 is 1.24 bits per heavy atom. The zero-order chi connectivity index (χ0) is 32.8. The summed E-state index contributed by atoms with van der Waals surface area (Å²) in [7, 11) is 2.05. The fraction of sp³-hybridized carbons (Fsp3) is 0.484. The zero-order valence-corrected chi connectivity index (χ0v) is 28.2. The number of nitrogens with one attached hydrogen (secondary N) is 2. The molecule has 2 fully saturated rings. The zero-order valence-electron chi connectivity index (χ0n) is 26.6. The van der Waals surface area contributed by atoms with Gasteiger partial charge in [0.1, 0.15) is 33.8 Å². The maximum Gasteiger partial charge on any atom is 0.303 e. The Morgan fingerprint density at radius 3 is 2.58 bits per heavy atom. The third kappa shape index (κ3) is 6.28. The van der Waals surface area contributed by atoms with Gasteiger partial charge in [-0.1, -0.05) is 19.9 Å². The number of likely N-dealkylation sites (tertiary alicyclic amines) is 1. The van der Waals surface area contributed by atoms with Crippen LogP contribution in [-0.4, -0.2) is 91.9 Å². The van der Waals surface area contributed by atoms with Crippen molar-refractivity contribution in [3.05, 3.63) is 47.5 Å². The predicted molar refractivity (Wildman–Crippen MR) is 174 cm³/mol. The van der Waals surface area contributed by atoms with Crippen LogP contribution in [0.3, 0.4) is 0 Å². The van der Waals surface area contributed by atoms with E-state index in [1.807, 2.05) is 42.5 Å². The Balaban J connectivity index is 1.39. The van der Waals surface area contributed by atoms with Crippen LogP contribution in [0.4, 0.5) is 0 Å². The summed E-state index contributed by atoms with van der Waals surface area (Å²) in [6.07, 6.45) is 1.83. The summed E-state index contributed by atoms with van der Waals surface area (Å²) in [5, 5.41) is 6.49. The molecule has 2 aromatic heterocycles. The number of rotatable bonds is 11. The number of hydrogen-bond donors (Lipinski definition) is 2. The molecular weight excluding hydrogens is 617 g/mol. The lowest BCUT2D eigenvalue weighted by molar-refractivity contribution is -0.131. The molecule has 2 aliphatic rings. The number of methoxy groups -OCH3 is 1. The number of amides is 2. The van der Waals surface area contributed by atoms with Crippen molar-refractivity contribution in [1.29, 1.82) is 0 Å². The lowest BCUT2D eigenvalue weighted by Crippen LogP contribution is -2.56. The van der Waals surface area contributed by atoms with Crippen LogP contribution in [0.15, 0.2) is 36.2 Å². The predicted octanol–water partition coefficient (Wildman–Crippen LogP) is 3.23. The lowest BCUT2D eigenvalue weighted by Gasteiger charge is -2.24. The van der Waals surface area contributed by atoms with E-state index in [0.29, 0.717) is 30.2 Å². The maximum atomic E-state index is 13.6. The fourth-order valence-corrected chi connectivity index (χ4v) is 7.18. The van der Waals surface area contributed by atoms with E-state index in [0.717, 1.165) is 31.5 Å². The molecule has 14 heteroatoms. The fourth-order valence-electron chi connectivity index (χ4n) is 5.64. The molecule has 3 aromatic rings. The van der Waals surface area contributed by atoms with Crippen LogP contribution in [0.5, 0.6) is 11.5 Å². The highest BCUT2D eigenvalue weighted by molar-refractivity contribution is 7.87. The number of aryl methyl sites for hydroxylation is 1. The van der Waals surface area contributed by atoms with Gasteiger partial charge in [-0.2, -0.15) is 12.7 Å². The Morgan fingerprint density at radius 2 is 1.98 bits per heavy atom. The number of likely N-dealkylation sites (N-methyl/N-ethyl adjacent to an activating group) is 1. The van der Waals surface area contributed by atoms with Crippen molar-refractivity contribution in [2.75, 3.05) is 34.8 Å². The second-order valence-corrected chi connectivity index (χ2v) is 14.9. The van der Waals surface area contributed by atoms with Gasteiger partial charge in [-0.25, -0.2) is 14.7 Å². The molecule has 2 amide bonds. The third-order valence-corrected chi connectivity index (χ3v) is 10.8. The average Bonchev–Trinajstić information content (AvgIpc) is 3.27. The second-order valence-electron chi connectivity index (χ2n) is 12.2. The van der Waals surface area contributed by atoms with Gasteiger partial charge in [0.15, 0.2) is 0 Å². The molecule has 3 heterocycles. The van der Waals surface area contributed by atoms with E-state index in [2.05, 4.69) is 30.5 Å². The quantitative estimate of drug-likeness (QED) is 0.298. The summed E-state index contributed by atoms with van der Waals surface area (Å²) in [4.78, 5) is 38.3. The van der Waals surface area contributed by atoms with E-state index in [9.17, 15) is 18.0 Å². The van der Waals surface area contributed by atoms with Gasteiger partial charge in [0.25, 0.3) is 5.91 Å². The molecule has 5 rings (SSSR count). The van der Waals surface area contributed by atoms with Crippen LogP contribution in [0.1, 0.15) is 43.9 Å². The minimum Gasteiger partial charge on any atom is -0.496 e. The van der Waals surface area contributed by atoms with E-state index in [1.54, 1.807) is 13.2 Å². The lowest BCUT2D eigenvalue weighted by atomic mass is 10.1.